The molecule has 1 heterocycles. The second-order valence-electron chi connectivity index (χ2n) is 6.13. The summed E-state index contributed by atoms with van der Waals surface area (Å²) in [5.74, 6) is -0.206. The molecule has 1 aliphatic rings. The van der Waals surface area contributed by atoms with Crippen LogP contribution in [0.2, 0.25) is 0 Å². The van der Waals surface area contributed by atoms with Crippen LogP contribution in [-0.4, -0.2) is 62.0 Å². The van der Waals surface area contributed by atoms with Gasteiger partial charge in [0, 0.05) is 56.8 Å². The summed E-state index contributed by atoms with van der Waals surface area (Å²) in [4.78, 5) is 18.6. The molecule has 1 aromatic rings. The summed E-state index contributed by atoms with van der Waals surface area (Å²) in [5.41, 5.74) is 2.15. The van der Waals surface area contributed by atoms with Gasteiger partial charge in [0.25, 0.3) is 5.91 Å². The number of hydrogen-bond donors (Lipinski definition) is 1. The van der Waals surface area contributed by atoms with Crippen LogP contribution in [0, 0.1) is 11.3 Å². The molecule has 1 saturated heterocycles. The van der Waals surface area contributed by atoms with Crippen LogP contribution in [0.4, 0.5) is 11.4 Å². The van der Waals surface area contributed by atoms with Crippen molar-refractivity contribution in [3.63, 3.8) is 0 Å². The minimum atomic E-state index is -0.206. The fourth-order valence-electron chi connectivity index (χ4n) is 2.83. The van der Waals surface area contributed by atoms with Gasteiger partial charge in [0.05, 0.1) is 0 Å². The third-order valence-electron chi connectivity index (χ3n) is 4.52. The highest BCUT2D eigenvalue weighted by molar-refractivity contribution is 5.97. The highest BCUT2D eigenvalue weighted by atomic mass is 16.2. The van der Waals surface area contributed by atoms with E-state index in [-0.39, 0.29) is 11.5 Å². The van der Waals surface area contributed by atoms with Gasteiger partial charge in [-0.1, -0.05) is 0 Å². The summed E-state index contributed by atoms with van der Waals surface area (Å²) in [5, 5.41) is 12.4. The van der Waals surface area contributed by atoms with Gasteiger partial charge in [0.1, 0.15) is 11.6 Å². The molecular weight excluding hydrogens is 314 g/mol. The van der Waals surface area contributed by atoms with Gasteiger partial charge < -0.3 is 20.0 Å². The predicted molar refractivity (Wildman–Crippen MR) is 101 cm³/mol. The molecule has 0 radical (unpaired) electrons. The quantitative estimate of drug-likeness (QED) is 0.634. The monoisotopic (exact) mass is 341 g/mol. The molecule has 2 rings (SSSR count). The number of carbonyl (C=O) groups is 1. The minimum Gasteiger partial charge on any atom is -0.372 e. The first-order chi connectivity index (χ1) is 12.1. The maximum Gasteiger partial charge on any atom is 0.266 e. The van der Waals surface area contributed by atoms with Gasteiger partial charge in [-0.05, 0) is 45.2 Å². The van der Waals surface area contributed by atoms with Gasteiger partial charge >= 0.3 is 0 Å². The normalized spacial score (nSPS) is 15.6. The van der Waals surface area contributed by atoms with Crippen LogP contribution >= 0.6 is 0 Å². The Morgan fingerprint density at radius 1 is 1.20 bits per heavy atom. The highest BCUT2D eigenvalue weighted by Crippen LogP contribution is 2.18. The van der Waals surface area contributed by atoms with Crippen LogP contribution in [0.5, 0.6) is 0 Å². The Bertz CT molecular complexity index is 635. The largest absolute Gasteiger partial charge is 0.372 e. The molecule has 0 saturated carbocycles. The minimum absolute atomic E-state index is 0.136. The predicted octanol–water partition coefficient (Wildman–Crippen LogP) is 2.13. The van der Waals surface area contributed by atoms with Gasteiger partial charge in [0.2, 0.25) is 0 Å². The molecule has 1 fully saturated rings. The molecule has 0 aromatic heterocycles. The van der Waals surface area contributed by atoms with Gasteiger partial charge in [0.15, 0.2) is 0 Å². The molecule has 6 nitrogen and oxygen atoms in total. The van der Waals surface area contributed by atoms with E-state index in [0.29, 0.717) is 13.1 Å². The molecule has 0 spiro atoms. The molecule has 1 aromatic carbocycles. The number of amides is 1. The molecule has 0 atom stereocenters. The van der Waals surface area contributed by atoms with Crippen molar-refractivity contribution >= 4 is 17.3 Å². The number of anilines is 2. The number of carbonyl (C=O) groups excluding carboxylic acids is 1. The van der Waals surface area contributed by atoms with E-state index < -0.39 is 0 Å². The number of nitrogens with zero attached hydrogens (tertiary/aromatic N) is 4. The zero-order valence-electron chi connectivity index (χ0n) is 15.3. The lowest BCUT2D eigenvalue weighted by Crippen LogP contribution is -2.47. The van der Waals surface area contributed by atoms with E-state index in [2.05, 4.69) is 29.0 Å². The maximum atomic E-state index is 12.4. The van der Waals surface area contributed by atoms with E-state index in [0.717, 1.165) is 37.6 Å². The molecule has 25 heavy (non-hydrogen) atoms. The van der Waals surface area contributed by atoms with Crippen molar-refractivity contribution in [3.8, 4) is 6.07 Å². The van der Waals surface area contributed by atoms with Crippen molar-refractivity contribution in [1.29, 1.82) is 5.26 Å². The molecule has 6 heteroatoms. The van der Waals surface area contributed by atoms with E-state index in [9.17, 15) is 10.1 Å². The zero-order chi connectivity index (χ0) is 18.2. The third-order valence-corrected chi connectivity index (χ3v) is 4.52. The highest BCUT2D eigenvalue weighted by Gasteiger charge is 2.22. The Hall–Kier alpha value is -2.52. The molecule has 0 bridgehead atoms. The SMILES string of the molecule is CCN(CC)c1ccc(N/C=C(/C#N)C(=O)N2CCN(C)CC2)cc1. The average Bonchev–Trinajstić information content (AvgIpc) is 2.65. The summed E-state index contributed by atoms with van der Waals surface area (Å²) in [6, 6.07) is 10.0. The Labute approximate surface area is 150 Å². The number of rotatable bonds is 6. The topological polar surface area (TPSA) is 62.6 Å². The fraction of sp³-hybridized carbons (Fsp3) is 0.474. The van der Waals surface area contributed by atoms with Crippen molar-refractivity contribution in [2.75, 3.05) is 56.5 Å². The molecular formula is C19H27N5O. The van der Waals surface area contributed by atoms with Crippen molar-refractivity contribution in [2.24, 2.45) is 0 Å². The first-order valence-electron chi connectivity index (χ1n) is 8.78. The lowest BCUT2D eigenvalue weighted by molar-refractivity contribution is -0.128. The van der Waals surface area contributed by atoms with Gasteiger partial charge in [-0.15, -0.1) is 0 Å². The van der Waals surface area contributed by atoms with Crippen LogP contribution < -0.4 is 10.2 Å². The standard InChI is InChI=1S/C19H27N5O/c1-4-23(5-2)18-8-6-17(7-9-18)21-15-16(14-20)19(25)24-12-10-22(3)11-13-24/h6-9,15,21H,4-5,10-13H2,1-3H3/b16-15-. The first-order valence-corrected chi connectivity index (χ1v) is 8.78. The van der Waals surface area contributed by atoms with Crippen molar-refractivity contribution < 1.29 is 4.79 Å². The number of nitrogens with one attached hydrogen (secondary N) is 1. The number of likely N-dealkylation sites (N-methyl/N-ethyl adjacent to an activating group) is 1. The number of hydrogen-bond acceptors (Lipinski definition) is 5. The number of piperazine rings is 1. The van der Waals surface area contributed by atoms with Crippen molar-refractivity contribution in [2.45, 2.75) is 13.8 Å². The lowest BCUT2D eigenvalue weighted by atomic mass is 10.2. The van der Waals surface area contributed by atoms with Gasteiger partial charge in [-0.3, -0.25) is 4.79 Å². The molecule has 0 aliphatic carbocycles. The van der Waals surface area contributed by atoms with Crippen LogP contribution in [0.3, 0.4) is 0 Å². The Morgan fingerprint density at radius 3 is 2.32 bits per heavy atom. The van der Waals surface area contributed by atoms with Crippen molar-refractivity contribution in [3.05, 3.63) is 36.0 Å². The van der Waals surface area contributed by atoms with Gasteiger partial charge in [-0.25, -0.2) is 0 Å². The molecule has 134 valence electrons. The third kappa shape index (κ3) is 4.97. The van der Waals surface area contributed by atoms with Crippen LogP contribution in [-0.2, 0) is 4.79 Å². The molecule has 1 N–H and O–H groups in total. The summed E-state index contributed by atoms with van der Waals surface area (Å²) >= 11 is 0. The maximum absolute atomic E-state index is 12.4. The van der Waals surface area contributed by atoms with E-state index in [1.807, 2.05) is 37.4 Å². The second kappa shape index (κ2) is 9.09. The van der Waals surface area contributed by atoms with Gasteiger partial charge in [-0.2, -0.15) is 5.26 Å². The Balaban J connectivity index is 2.00. The summed E-state index contributed by atoms with van der Waals surface area (Å²) in [6.45, 7) is 9.17. The Kier molecular flexibility index (Phi) is 6.84. The summed E-state index contributed by atoms with van der Waals surface area (Å²) in [6.07, 6.45) is 1.51. The van der Waals surface area contributed by atoms with E-state index in [1.54, 1.807) is 4.90 Å². The van der Waals surface area contributed by atoms with Crippen LogP contribution in [0.1, 0.15) is 13.8 Å². The molecule has 1 amide bonds. The van der Waals surface area contributed by atoms with E-state index in [4.69, 9.17) is 0 Å². The summed E-state index contributed by atoms with van der Waals surface area (Å²) in [7, 11) is 2.03. The van der Waals surface area contributed by atoms with E-state index in [1.165, 1.54) is 6.20 Å². The second-order valence-corrected chi connectivity index (χ2v) is 6.13. The van der Waals surface area contributed by atoms with Crippen LogP contribution in [0.25, 0.3) is 0 Å². The molecule has 1 aliphatic heterocycles. The molecule has 0 unspecified atom stereocenters. The average molecular weight is 341 g/mol. The summed E-state index contributed by atoms with van der Waals surface area (Å²) < 4.78 is 0. The van der Waals surface area contributed by atoms with Crippen LogP contribution in [0.15, 0.2) is 36.0 Å². The van der Waals surface area contributed by atoms with E-state index >= 15 is 0 Å². The lowest BCUT2D eigenvalue weighted by Gasteiger charge is -2.32. The Morgan fingerprint density at radius 2 is 1.80 bits per heavy atom. The zero-order valence-corrected chi connectivity index (χ0v) is 15.3. The fourth-order valence-corrected chi connectivity index (χ4v) is 2.83. The number of benzene rings is 1. The number of nitriles is 1. The van der Waals surface area contributed by atoms with Crippen molar-refractivity contribution in [1.82, 2.24) is 9.80 Å². The smallest absolute Gasteiger partial charge is 0.266 e. The first kappa shape index (κ1) is 18.8.